The first kappa shape index (κ1) is 34.3. The van der Waals surface area contributed by atoms with Crippen LogP contribution in [0.3, 0.4) is 0 Å². The number of hydrogen-bond donors (Lipinski definition) is 2. The van der Waals surface area contributed by atoms with Gasteiger partial charge < -0.3 is 24.3 Å². The monoisotopic (exact) mass is 681 g/mol. The minimum Gasteiger partial charge on any atom is -0.493 e. The van der Waals surface area contributed by atoms with E-state index in [2.05, 4.69) is 0 Å². The van der Waals surface area contributed by atoms with Gasteiger partial charge in [-0.05, 0) is 61.4 Å². The van der Waals surface area contributed by atoms with Gasteiger partial charge in [-0.3, -0.25) is 19.8 Å². The largest absolute Gasteiger partial charge is 0.493 e. The van der Waals surface area contributed by atoms with Crippen LogP contribution in [0.1, 0.15) is 61.6 Å². The number of methoxy groups -OCH3 is 1. The van der Waals surface area contributed by atoms with E-state index in [1.54, 1.807) is 42.2 Å². The molecule has 2 aliphatic heterocycles. The van der Waals surface area contributed by atoms with Crippen molar-refractivity contribution in [1.82, 2.24) is 9.47 Å². The number of rotatable bonds is 12. The summed E-state index contributed by atoms with van der Waals surface area (Å²) < 4.78 is 58.8. The van der Waals surface area contributed by atoms with Gasteiger partial charge >= 0.3 is 12.1 Å². The number of aliphatic carboxylic acids is 1. The van der Waals surface area contributed by atoms with Crippen LogP contribution in [0.4, 0.5) is 18.9 Å². The summed E-state index contributed by atoms with van der Waals surface area (Å²) in [6.45, 7) is 1.24. The van der Waals surface area contributed by atoms with E-state index in [1.165, 1.54) is 30.0 Å². The molecule has 2 fully saturated rings. The Morgan fingerprint density at radius 3 is 2.33 bits per heavy atom. The fourth-order valence-electron chi connectivity index (χ4n) is 7.54. The third-order valence-corrected chi connectivity index (χ3v) is 10.0. The van der Waals surface area contributed by atoms with Crippen LogP contribution in [0.15, 0.2) is 72.9 Å². The summed E-state index contributed by atoms with van der Waals surface area (Å²) in [4.78, 5) is 24.4. The van der Waals surface area contributed by atoms with E-state index < -0.39 is 35.1 Å². The zero-order chi connectivity index (χ0) is 35.1. The first-order chi connectivity index (χ1) is 23.3. The number of ether oxygens (including phenoxy) is 2. The van der Waals surface area contributed by atoms with Crippen LogP contribution >= 0.6 is 0 Å². The number of piperidine rings is 1. The highest BCUT2D eigenvalue weighted by atomic mass is 19.4. The number of carboxylic acids is 1. The van der Waals surface area contributed by atoms with Crippen molar-refractivity contribution in [1.29, 1.82) is 0 Å². The van der Waals surface area contributed by atoms with E-state index in [-0.39, 0.29) is 46.9 Å². The standard InChI is InChI=1S/C36H38F3N3O7/c1-3-28(34(43)44)23-9-14-32(33(15-23)48-2)49-27-16-24-10-11-25(17-27)41(24)21-35(45,36(37,38)39)30-20-40(19-22-7-5-4-6-8-22)31-18-26(42(46)47)12-13-29(30)31/h4-9,12-15,18,20,24-25,27-28,45H,3,10-11,16-17,19,21H2,1-2H3,(H,43,44). The van der Waals surface area contributed by atoms with Gasteiger partial charge in [-0.25, -0.2) is 0 Å². The van der Waals surface area contributed by atoms with E-state index in [9.17, 15) is 25.1 Å². The maximum atomic E-state index is 15.1. The summed E-state index contributed by atoms with van der Waals surface area (Å²) in [5, 5.41) is 33.0. The van der Waals surface area contributed by atoms with Gasteiger partial charge in [-0.2, -0.15) is 13.2 Å². The van der Waals surface area contributed by atoms with Crippen molar-refractivity contribution in [2.24, 2.45) is 0 Å². The number of carbonyl (C=O) groups is 1. The summed E-state index contributed by atoms with van der Waals surface area (Å²) in [6, 6.07) is 17.1. The molecule has 0 spiro atoms. The highest BCUT2D eigenvalue weighted by Crippen LogP contribution is 2.47. The SMILES string of the molecule is CCC(C(=O)O)c1ccc(OC2CC3CCC(C2)N3CC(O)(c2cn(Cc3ccccc3)c3cc([N+](=O)[O-])ccc23)C(F)(F)F)c(OC)c1. The lowest BCUT2D eigenvalue weighted by Gasteiger charge is -2.43. The Hall–Kier alpha value is -4.62. The maximum absolute atomic E-state index is 15.1. The Balaban J connectivity index is 1.28. The molecule has 49 heavy (non-hydrogen) atoms. The molecule has 0 radical (unpaired) electrons. The molecular formula is C36H38F3N3O7. The second-order valence-corrected chi connectivity index (χ2v) is 13.0. The van der Waals surface area contributed by atoms with Gasteiger partial charge in [-0.15, -0.1) is 0 Å². The quantitative estimate of drug-likeness (QED) is 0.121. The molecule has 4 atom stereocenters. The van der Waals surface area contributed by atoms with Crippen LogP contribution in [-0.4, -0.2) is 68.6 Å². The van der Waals surface area contributed by atoms with Crippen LogP contribution in [0, 0.1) is 10.1 Å². The number of hydrogen-bond acceptors (Lipinski definition) is 7. The molecule has 6 rings (SSSR count). The Labute approximate surface area is 280 Å². The van der Waals surface area contributed by atoms with Gasteiger partial charge in [-0.1, -0.05) is 43.3 Å². The van der Waals surface area contributed by atoms with Gasteiger partial charge in [0.05, 0.1) is 23.5 Å². The number of halogens is 3. The molecular weight excluding hydrogens is 643 g/mol. The van der Waals surface area contributed by atoms with Crippen LogP contribution < -0.4 is 9.47 Å². The lowest BCUT2D eigenvalue weighted by molar-refractivity contribution is -0.384. The first-order valence-electron chi connectivity index (χ1n) is 16.3. The zero-order valence-electron chi connectivity index (χ0n) is 27.1. The minimum atomic E-state index is -5.06. The molecule has 4 aromatic rings. The van der Waals surface area contributed by atoms with Crippen molar-refractivity contribution in [2.75, 3.05) is 13.7 Å². The lowest BCUT2D eigenvalue weighted by atomic mass is 9.89. The second-order valence-electron chi connectivity index (χ2n) is 13.0. The number of nitro groups is 1. The molecule has 0 amide bonds. The summed E-state index contributed by atoms with van der Waals surface area (Å²) in [7, 11) is 1.47. The van der Waals surface area contributed by atoms with E-state index in [0.717, 1.165) is 11.6 Å². The summed E-state index contributed by atoms with van der Waals surface area (Å²) in [6.07, 6.45) is -1.61. The minimum absolute atomic E-state index is 0.0932. The highest BCUT2D eigenvalue weighted by molar-refractivity contribution is 5.87. The number of aromatic nitrogens is 1. The number of nitro benzene ring substituents is 1. The smallest absolute Gasteiger partial charge is 0.422 e. The van der Waals surface area contributed by atoms with Crippen molar-refractivity contribution in [2.45, 2.75) is 81.5 Å². The average molecular weight is 682 g/mol. The number of non-ortho nitro benzene ring substituents is 1. The number of alkyl halides is 3. The Kier molecular flexibility index (Phi) is 9.34. The molecule has 3 heterocycles. The second kappa shape index (κ2) is 13.4. The number of benzene rings is 3. The van der Waals surface area contributed by atoms with Crippen molar-refractivity contribution < 1.29 is 42.6 Å². The van der Waals surface area contributed by atoms with Gasteiger partial charge in [0.15, 0.2) is 11.5 Å². The molecule has 2 N–H and O–H groups in total. The number of fused-ring (bicyclic) bond motifs is 3. The fourth-order valence-corrected chi connectivity index (χ4v) is 7.54. The van der Waals surface area contributed by atoms with E-state index in [1.807, 2.05) is 18.2 Å². The summed E-state index contributed by atoms with van der Waals surface area (Å²) >= 11 is 0. The third kappa shape index (κ3) is 6.56. The molecule has 3 aromatic carbocycles. The molecule has 10 nitrogen and oxygen atoms in total. The average Bonchev–Trinajstić information content (AvgIpc) is 3.53. The normalized spacial score (nSPS) is 21.3. The number of carboxylic acid groups (broad SMARTS) is 1. The molecule has 1 aromatic heterocycles. The van der Waals surface area contributed by atoms with E-state index in [0.29, 0.717) is 49.2 Å². The zero-order valence-corrected chi connectivity index (χ0v) is 27.1. The summed E-state index contributed by atoms with van der Waals surface area (Å²) in [5.41, 5.74) is -2.29. The Morgan fingerprint density at radius 1 is 1.04 bits per heavy atom. The molecule has 4 unspecified atom stereocenters. The van der Waals surface area contributed by atoms with Crippen molar-refractivity contribution in [3.05, 3.63) is 99.7 Å². The Morgan fingerprint density at radius 2 is 1.73 bits per heavy atom. The molecule has 2 saturated heterocycles. The predicted molar refractivity (Wildman–Crippen MR) is 175 cm³/mol. The van der Waals surface area contributed by atoms with Crippen LogP contribution in [0.2, 0.25) is 0 Å². The van der Waals surface area contributed by atoms with Gasteiger partial charge in [0.25, 0.3) is 5.69 Å². The Bertz CT molecular complexity index is 1830. The van der Waals surface area contributed by atoms with Gasteiger partial charge in [0.2, 0.25) is 5.60 Å². The van der Waals surface area contributed by atoms with E-state index in [4.69, 9.17) is 9.47 Å². The van der Waals surface area contributed by atoms with Crippen molar-refractivity contribution in [3.8, 4) is 11.5 Å². The first-order valence-corrected chi connectivity index (χ1v) is 16.3. The third-order valence-electron chi connectivity index (χ3n) is 10.0. The number of nitrogens with zero attached hydrogens (tertiary/aromatic N) is 3. The molecule has 2 bridgehead atoms. The molecule has 260 valence electrons. The van der Waals surface area contributed by atoms with Crippen molar-refractivity contribution in [3.63, 3.8) is 0 Å². The molecule has 0 saturated carbocycles. The highest BCUT2D eigenvalue weighted by Gasteiger charge is 2.59. The van der Waals surface area contributed by atoms with E-state index >= 15 is 13.2 Å². The van der Waals surface area contributed by atoms with Crippen LogP contribution in [-0.2, 0) is 16.9 Å². The van der Waals surface area contributed by atoms with Gasteiger partial charge in [0.1, 0.15) is 6.10 Å². The fraction of sp³-hybridized carbons (Fsp3) is 0.417. The molecule has 13 heteroatoms. The number of aliphatic hydroxyl groups is 1. The van der Waals surface area contributed by atoms with Crippen molar-refractivity contribution >= 4 is 22.6 Å². The van der Waals surface area contributed by atoms with Crippen LogP contribution in [0.25, 0.3) is 10.9 Å². The van der Waals surface area contributed by atoms with Crippen LogP contribution in [0.5, 0.6) is 11.5 Å². The lowest BCUT2D eigenvalue weighted by Crippen LogP contribution is -2.56. The molecule has 2 aliphatic rings. The molecule has 0 aliphatic carbocycles. The predicted octanol–water partition coefficient (Wildman–Crippen LogP) is 7.01. The van der Waals surface area contributed by atoms with Gasteiger partial charge in [0, 0.05) is 54.5 Å². The maximum Gasteiger partial charge on any atom is 0.422 e. The topological polar surface area (TPSA) is 127 Å². The summed E-state index contributed by atoms with van der Waals surface area (Å²) in [5.74, 6) is -0.832.